The molecule has 0 aliphatic carbocycles. The normalized spacial score (nSPS) is 10.9. The van der Waals surface area contributed by atoms with Crippen LogP contribution < -0.4 is 5.43 Å². The van der Waals surface area contributed by atoms with Gasteiger partial charge in [0.05, 0.1) is 14.1 Å². The molecule has 0 unspecified atom stereocenters. The van der Waals surface area contributed by atoms with E-state index in [9.17, 15) is 9.18 Å². The standard InChI is InChI=1S/C14H7ClFIN2O/c15-10-2-1-5-18-14(10)19-7-11(17)13(20)9-4-3-8(16)6-12(9)19/h1-7H. The van der Waals surface area contributed by atoms with Gasteiger partial charge in [-0.25, -0.2) is 9.37 Å². The summed E-state index contributed by atoms with van der Waals surface area (Å²) in [6.45, 7) is 0. The molecule has 2 heterocycles. The van der Waals surface area contributed by atoms with Crippen molar-refractivity contribution in [2.24, 2.45) is 0 Å². The number of halogens is 3. The molecular formula is C14H7ClFIN2O. The molecule has 1 aromatic carbocycles. The van der Waals surface area contributed by atoms with Crippen molar-refractivity contribution in [3.05, 3.63) is 67.4 Å². The molecule has 0 aliphatic rings. The Morgan fingerprint density at radius 3 is 2.85 bits per heavy atom. The second-order valence-electron chi connectivity index (χ2n) is 4.15. The van der Waals surface area contributed by atoms with Gasteiger partial charge in [-0.05, 0) is 52.9 Å². The Hall–Kier alpha value is -1.47. The summed E-state index contributed by atoms with van der Waals surface area (Å²) in [5.41, 5.74) is 0.305. The first-order valence-corrected chi connectivity index (χ1v) is 7.15. The highest BCUT2D eigenvalue weighted by Crippen LogP contribution is 2.23. The van der Waals surface area contributed by atoms with E-state index in [-0.39, 0.29) is 5.43 Å². The highest BCUT2D eigenvalue weighted by Gasteiger charge is 2.12. The second-order valence-corrected chi connectivity index (χ2v) is 5.72. The summed E-state index contributed by atoms with van der Waals surface area (Å²) in [7, 11) is 0. The van der Waals surface area contributed by atoms with Gasteiger partial charge in [0.2, 0.25) is 5.43 Å². The average molecular weight is 401 g/mol. The highest BCUT2D eigenvalue weighted by atomic mass is 127. The molecule has 0 fully saturated rings. The summed E-state index contributed by atoms with van der Waals surface area (Å²) in [6, 6.07) is 7.45. The van der Waals surface area contributed by atoms with Gasteiger partial charge >= 0.3 is 0 Å². The smallest absolute Gasteiger partial charge is 0.202 e. The van der Waals surface area contributed by atoms with Crippen molar-refractivity contribution in [2.45, 2.75) is 0 Å². The van der Waals surface area contributed by atoms with Crippen LogP contribution in [0, 0.1) is 9.39 Å². The predicted octanol–water partition coefficient (Wildman–Crippen LogP) is 3.78. The molecule has 6 heteroatoms. The third kappa shape index (κ3) is 2.20. The first kappa shape index (κ1) is 13.5. The summed E-state index contributed by atoms with van der Waals surface area (Å²) in [5, 5.41) is 0.859. The number of pyridine rings is 2. The van der Waals surface area contributed by atoms with Crippen LogP contribution in [0.2, 0.25) is 5.02 Å². The van der Waals surface area contributed by atoms with Gasteiger partial charge in [0.1, 0.15) is 5.82 Å². The average Bonchev–Trinajstić information content (AvgIpc) is 2.43. The maximum atomic E-state index is 13.5. The minimum absolute atomic E-state index is 0.135. The molecule has 2 aromatic heterocycles. The topological polar surface area (TPSA) is 34.9 Å². The molecule has 3 aromatic rings. The van der Waals surface area contributed by atoms with Crippen molar-refractivity contribution in [3.8, 4) is 5.82 Å². The predicted molar refractivity (Wildman–Crippen MR) is 85.0 cm³/mol. The third-order valence-electron chi connectivity index (χ3n) is 2.89. The largest absolute Gasteiger partial charge is 0.299 e. The lowest BCUT2D eigenvalue weighted by Crippen LogP contribution is -2.12. The van der Waals surface area contributed by atoms with E-state index in [1.54, 1.807) is 29.1 Å². The Morgan fingerprint density at radius 1 is 1.30 bits per heavy atom. The molecule has 0 amide bonds. The highest BCUT2D eigenvalue weighted by molar-refractivity contribution is 14.1. The first-order valence-electron chi connectivity index (χ1n) is 5.69. The van der Waals surface area contributed by atoms with Gasteiger partial charge in [-0.15, -0.1) is 0 Å². The molecule has 100 valence electrons. The summed E-state index contributed by atoms with van der Waals surface area (Å²) >= 11 is 8.08. The van der Waals surface area contributed by atoms with Crippen molar-refractivity contribution in [3.63, 3.8) is 0 Å². The van der Waals surface area contributed by atoms with Crippen LogP contribution in [-0.2, 0) is 0 Å². The fourth-order valence-corrected chi connectivity index (χ4v) is 2.78. The molecule has 3 rings (SSSR count). The zero-order chi connectivity index (χ0) is 14.3. The zero-order valence-electron chi connectivity index (χ0n) is 9.98. The zero-order valence-corrected chi connectivity index (χ0v) is 12.9. The number of hydrogen-bond donors (Lipinski definition) is 0. The van der Waals surface area contributed by atoms with E-state index in [4.69, 9.17) is 11.6 Å². The molecule has 0 bridgehead atoms. The number of nitrogens with zero attached hydrogens (tertiary/aromatic N) is 2. The van der Waals surface area contributed by atoms with E-state index >= 15 is 0 Å². The number of rotatable bonds is 1. The van der Waals surface area contributed by atoms with Crippen LogP contribution >= 0.6 is 34.2 Å². The van der Waals surface area contributed by atoms with E-state index < -0.39 is 5.82 Å². The molecule has 0 radical (unpaired) electrons. The summed E-state index contributed by atoms with van der Waals surface area (Å²) < 4.78 is 15.6. The molecule has 3 nitrogen and oxygen atoms in total. The Labute approximate surface area is 132 Å². The molecule has 0 N–H and O–H groups in total. The van der Waals surface area contributed by atoms with Crippen LogP contribution in [-0.4, -0.2) is 9.55 Å². The van der Waals surface area contributed by atoms with Crippen LogP contribution in [0.1, 0.15) is 0 Å². The Morgan fingerprint density at radius 2 is 2.10 bits per heavy atom. The Bertz CT molecular complexity index is 879. The lowest BCUT2D eigenvalue weighted by Gasteiger charge is -2.12. The number of aromatic nitrogens is 2. The van der Waals surface area contributed by atoms with Crippen molar-refractivity contribution in [1.82, 2.24) is 9.55 Å². The van der Waals surface area contributed by atoms with E-state index in [1.807, 2.05) is 22.6 Å². The van der Waals surface area contributed by atoms with Crippen LogP contribution in [0.5, 0.6) is 0 Å². The molecule has 0 spiro atoms. The summed E-state index contributed by atoms with van der Waals surface area (Å²) in [6.07, 6.45) is 3.20. The van der Waals surface area contributed by atoms with Crippen molar-refractivity contribution >= 4 is 45.1 Å². The molecular weight excluding hydrogens is 394 g/mol. The Balaban J connectivity index is 2.48. The number of hydrogen-bond acceptors (Lipinski definition) is 2. The molecule has 0 aliphatic heterocycles. The fourth-order valence-electron chi connectivity index (χ4n) is 2.00. The molecule has 20 heavy (non-hydrogen) atoms. The maximum Gasteiger partial charge on any atom is 0.202 e. The van der Waals surface area contributed by atoms with Gasteiger partial charge in [-0.1, -0.05) is 11.6 Å². The molecule has 0 saturated carbocycles. The molecule has 0 atom stereocenters. The first-order chi connectivity index (χ1) is 9.58. The maximum absolute atomic E-state index is 13.5. The summed E-state index contributed by atoms with van der Waals surface area (Å²) in [5.74, 6) is 0.0431. The van der Waals surface area contributed by atoms with Crippen molar-refractivity contribution in [1.29, 1.82) is 0 Å². The van der Waals surface area contributed by atoms with E-state index in [1.165, 1.54) is 18.2 Å². The van der Waals surface area contributed by atoms with Crippen LogP contribution in [0.25, 0.3) is 16.7 Å². The van der Waals surface area contributed by atoms with Crippen molar-refractivity contribution < 1.29 is 4.39 Å². The number of fused-ring (bicyclic) bond motifs is 1. The second kappa shape index (κ2) is 5.14. The van der Waals surface area contributed by atoms with Gasteiger partial charge < -0.3 is 0 Å². The monoisotopic (exact) mass is 400 g/mol. The lowest BCUT2D eigenvalue weighted by atomic mass is 10.2. The lowest BCUT2D eigenvalue weighted by molar-refractivity contribution is 0.629. The Kier molecular flexibility index (Phi) is 3.47. The van der Waals surface area contributed by atoms with Crippen LogP contribution in [0.15, 0.2) is 47.5 Å². The van der Waals surface area contributed by atoms with Crippen LogP contribution in [0.4, 0.5) is 4.39 Å². The van der Waals surface area contributed by atoms with Gasteiger partial charge in [-0.3, -0.25) is 9.36 Å². The van der Waals surface area contributed by atoms with Gasteiger partial charge in [0.25, 0.3) is 0 Å². The van der Waals surface area contributed by atoms with Gasteiger partial charge in [-0.2, -0.15) is 0 Å². The van der Waals surface area contributed by atoms with E-state index in [0.717, 1.165) is 0 Å². The minimum Gasteiger partial charge on any atom is -0.299 e. The third-order valence-corrected chi connectivity index (χ3v) is 3.95. The van der Waals surface area contributed by atoms with Gasteiger partial charge in [0, 0.05) is 17.8 Å². The SMILES string of the molecule is O=c1c(I)cn(-c2ncccc2Cl)c2cc(F)ccc12. The fraction of sp³-hybridized carbons (Fsp3) is 0. The quantitative estimate of drug-likeness (QED) is 0.583. The minimum atomic E-state index is -0.418. The van der Waals surface area contributed by atoms with Gasteiger partial charge in [0.15, 0.2) is 5.82 Å². The van der Waals surface area contributed by atoms with E-state index in [2.05, 4.69) is 4.98 Å². The summed E-state index contributed by atoms with van der Waals surface area (Å²) in [4.78, 5) is 16.3. The molecule has 0 saturated heterocycles. The van der Waals surface area contributed by atoms with E-state index in [0.29, 0.717) is 25.3 Å². The number of benzene rings is 1. The van der Waals surface area contributed by atoms with Crippen LogP contribution in [0.3, 0.4) is 0 Å². The van der Waals surface area contributed by atoms with Crippen molar-refractivity contribution in [2.75, 3.05) is 0 Å².